The summed E-state index contributed by atoms with van der Waals surface area (Å²) >= 11 is 0. The number of hydrazone groups is 1. The van der Waals surface area contributed by atoms with Crippen LogP contribution in [0.5, 0.6) is 0 Å². The van der Waals surface area contributed by atoms with Crippen molar-refractivity contribution in [2.75, 3.05) is 19.6 Å². The zero-order chi connectivity index (χ0) is 20.4. The topological polar surface area (TPSA) is 35.9 Å². The van der Waals surface area contributed by atoms with E-state index >= 15 is 0 Å². The van der Waals surface area contributed by atoms with Crippen molar-refractivity contribution >= 4 is 11.6 Å². The maximum absolute atomic E-state index is 13.3. The third kappa shape index (κ3) is 4.59. The predicted molar refractivity (Wildman–Crippen MR) is 118 cm³/mol. The van der Waals surface area contributed by atoms with Gasteiger partial charge in [-0.1, -0.05) is 66.6 Å². The van der Waals surface area contributed by atoms with E-state index in [0.717, 1.165) is 42.3 Å². The summed E-state index contributed by atoms with van der Waals surface area (Å²) in [6, 6.07) is 16.9. The monoisotopic (exact) mass is 389 g/mol. The molecule has 1 unspecified atom stereocenters. The summed E-state index contributed by atoms with van der Waals surface area (Å²) in [4.78, 5) is 15.6. The molecular formula is C25H31N3O. The zero-order valence-corrected chi connectivity index (χ0v) is 17.8. The number of hydrogen-bond donors (Lipinski definition) is 0. The van der Waals surface area contributed by atoms with E-state index in [1.54, 1.807) is 5.01 Å². The van der Waals surface area contributed by atoms with Crippen molar-refractivity contribution in [2.45, 2.75) is 46.1 Å². The van der Waals surface area contributed by atoms with Crippen LogP contribution in [-0.2, 0) is 4.79 Å². The number of hydrogen-bond acceptors (Lipinski definition) is 3. The van der Waals surface area contributed by atoms with Crippen molar-refractivity contribution in [3.05, 3.63) is 70.8 Å². The Labute approximate surface area is 174 Å². The summed E-state index contributed by atoms with van der Waals surface area (Å²) in [6.45, 7) is 8.95. The van der Waals surface area contributed by atoms with Gasteiger partial charge in [0.2, 0.25) is 0 Å². The quantitative estimate of drug-likeness (QED) is 0.759. The molecule has 0 N–H and O–H groups in total. The fourth-order valence-corrected chi connectivity index (χ4v) is 4.27. The number of nitrogens with zero attached hydrogens (tertiary/aromatic N) is 3. The van der Waals surface area contributed by atoms with Gasteiger partial charge in [0.15, 0.2) is 0 Å². The van der Waals surface area contributed by atoms with E-state index in [9.17, 15) is 4.79 Å². The maximum atomic E-state index is 13.3. The molecular weight excluding hydrogens is 358 g/mol. The number of piperidine rings is 1. The van der Waals surface area contributed by atoms with Gasteiger partial charge in [-0.3, -0.25) is 9.69 Å². The number of rotatable bonds is 4. The van der Waals surface area contributed by atoms with Gasteiger partial charge in [0.25, 0.3) is 5.91 Å². The smallest absolute Gasteiger partial charge is 0.257 e. The molecule has 0 aromatic heterocycles. The van der Waals surface area contributed by atoms with Gasteiger partial charge < -0.3 is 0 Å². The SMILES string of the molecule is Cc1ccc(C2CC(c3cccc(C)c3)=NN2C(=O)CN2CCC(C)CC2)cc1. The molecule has 2 aliphatic rings. The van der Waals surface area contributed by atoms with Crippen LogP contribution in [0.15, 0.2) is 53.6 Å². The lowest BCUT2D eigenvalue weighted by Crippen LogP contribution is -2.41. The van der Waals surface area contributed by atoms with Crippen LogP contribution in [0, 0.1) is 19.8 Å². The standard InChI is InChI=1S/C25H31N3O/c1-18-7-9-21(10-8-18)24-16-23(22-6-4-5-20(3)15-22)26-28(24)25(29)17-27-13-11-19(2)12-14-27/h4-10,15,19,24H,11-14,16-17H2,1-3H3. The highest BCUT2D eigenvalue weighted by molar-refractivity contribution is 6.03. The van der Waals surface area contributed by atoms with E-state index in [-0.39, 0.29) is 11.9 Å². The van der Waals surface area contributed by atoms with Crippen LogP contribution in [0.1, 0.15) is 54.5 Å². The summed E-state index contributed by atoms with van der Waals surface area (Å²) in [6.07, 6.45) is 3.11. The highest BCUT2D eigenvalue weighted by Gasteiger charge is 2.34. The Morgan fingerprint density at radius 2 is 1.76 bits per heavy atom. The van der Waals surface area contributed by atoms with Gasteiger partial charge >= 0.3 is 0 Å². The second-order valence-electron chi connectivity index (χ2n) is 8.74. The summed E-state index contributed by atoms with van der Waals surface area (Å²) < 4.78 is 0. The second kappa shape index (κ2) is 8.50. The third-order valence-electron chi connectivity index (χ3n) is 6.21. The zero-order valence-electron chi connectivity index (χ0n) is 17.8. The number of likely N-dealkylation sites (tertiary alicyclic amines) is 1. The first-order chi connectivity index (χ1) is 14.0. The third-order valence-corrected chi connectivity index (χ3v) is 6.21. The number of amides is 1. The van der Waals surface area contributed by atoms with E-state index in [4.69, 9.17) is 5.10 Å². The van der Waals surface area contributed by atoms with Crippen LogP contribution in [-0.4, -0.2) is 41.2 Å². The first-order valence-electron chi connectivity index (χ1n) is 10.7. The number of carbonyl (C=O) groups excluding carboxylic acids is 1. The molecule has 4 heteroatoms. The number of carbonyl (C=O) groups is 1. The van der Waals surface area contributed by atoms with E-state index in [1.807, 2.05) is 0 Å². The van der Waals surface area contributed by atoms with Gasteiger partial charge in [-0.2, -0.15) is 5.10 Å². The van der Waals surface area contributed by atoms with Crippen LogP contribution < -0.4 is 0 Å². The molecule has 0 spiro atoms. The largest absolute Gasteiger partial charge is 0.294 e. The fourth-order valence-electron chi connectivity index (χ4n) is 4.27. The molecule has 29 heavy (non-hydrogen) atoms. The minimum absolute atomic E-state index is 0.0256. The Hall–Kier alpha value is -2.46. The lowest BCUT2D eigenvalue weighted by molar-refractivity contribution is -0.134. The maximum Gasteiger partial charge on any atom is 0.257 e. The predicted octanol–water partition coefficient (Wildman–Crippen LogP) is 4.71. The molecule has 4 rings (SSSR count). The van der Waals surface area contributed by atoms with E-state index in [0.29, 0.717) is 6.54 Å². The van der Waals surface area contributed by atoms with Crippen molar-refractivity contribution in [1.82, 2.24) is 9.91 Å². The Morgan fingerprint density at radius 1 is 1.03 bits per heavy atom. The molecule has 0 aliphatic carbocycles. The van der Waals surface area contributed by atoms with Gasteiger partial charge in [0.1, 0.15) is 0 Å². The summed E-state index contributed by atoms with van der Waals surface area (Å²) in [5, 5.41) is 6.58. The highest BCUT2D eigenvalue weighted by atomic mass is 16.2. The molecule has 0 bridgehead atoms. The van der Waals surface area contributed by atoms with Gasteiger partial charge in [0, 0.05) is 6.42 Å². The first-order valence-corrected chi connectivity index (χ1v) is 10.7. The average Bonchev–Trinajstić information content (AvgIpc) is 3.16. The molecule has 2 aliphatic heterocycles. The molecule has 152 valence electrons. The highest BCUT2D eigenvalue weighted by Crippen LogP contribution is 2.33. The molecule has 2 aromatic rings. The lowest BCUT2D eigenvalue weighted by atomic mass is 9.97. The minimum atomic E-state index is -0.0256. The second-order valence-corrected chi connectivity index (χ2v) is 8.74. The van der Waals surface area contributed by atoms with Crippen molar-refractivity contribution in [3.8, 4) is 0 Å². The molecule has 1 atom stereocenters. The molecule has 1 saturated heterocycles. The Kier molecular flexibility index (Phi) is 5.81. The Morgan fingerprint density at radius 3 is 2.45 bits per heavy atom. The van der Waals surface area contributed by atoms with Crippen LogP contribution >= 0.6 is 0 Å². The van der Waals surface area contributed by atoms with Gasteiger partial charge in [-0.25, -0.2) is 5.01 Å². The molecule has 2 heterocycles. The van der Waals surface area contributed by atoms with Crippen LogP contribution in [0.4, 0.5) is 0 Å². The van der Waals surface area contributed by atoms with E-state index < -0.39 is 0 Å². The summed E-state index contributed by atoms with van der Waals surface area (Å²) in [5.74, 6) is 0.868. The lowest BCUT2D eigenvalue weighted by Gasteiger charge is -2.31. The number of benzene rings is 2. The molecule has 0 radical (unpaired) electrons. The minimum Gasteiger partial charge on any atom is -0.294 e. The normalized spacial score (nSPS) is 20.7. The van der Waals surface area contributed by atoms with Crippen molar-refractivity contribution < 1.29 is 4.79 Å². The summed E-state index contributed by atoms with van der Waals surface area (Å²) in [7, 11) is 0. The molecule has 1 amide bonds. The van der Waals surface area contributed by atoms with Gasteiger partial charge in [-0.05, 0) is 56.8 Å². The van der Waals surface area contributed by atoms with Crippen molar-refractivity contribution in [2.24, 2.45) is 11.0 Å². The Bertz CT molecular complexity index is 895. The molecule has 4 nitrogen and oxygen atoms in total. The molecule has 2 aromatic carbocycles. The van der Waals surface area contributed by atoms with Crippen LogP contribution in [0.2, 0.25) is 0 Å². The molecule has 0 saturated carbocycles. The Balaban J connectivity index is 1.58. The van der Waals surface area contributed by atoms with Crippen molar-refractivity contribution in [1.29, 1.82) is 0 Å². The van der Waals surface area contributed by atoms with Crippen molar-refractivity contribution in [3.63, 3.8) is 0 Å². The van der Waals surface area contributed by atoms with E-state index in [1.165, 1.54) is 24.0 Å². The van der Waals surface area contributed by atoms with Gasteiger partial charge in [-0.15, -0.1) is 0 Å². The fraction of sp³-hybridized carbons (Fsp3) is 0.440. The van der Waals surface area contributed by atoms with Gasteiger partial charge in [0.05, 0.1) is 18.3 Å². The molecule has 1 fully saturated rings. The summed E-state index contributed by atoms with van der Waals surface area (Å²) in [5.41, 5.74) is 5.71. The first kappa shape index (κ1) is 19.8. The van der Waals surface area contributed by atoms with E-state index in [2.05, 4.69) is 74.2 Å². The number of aryl methyl sites for hydroxylation is 2. The van der Waals surface area contributed by atoms with Crippen LogP contribution in [0.3, 0.4) is 0 Å². The average molecular weight is 390 g/mol. The van der Waals surface area contributed by atoms with Crippen LogP contribution in [0.25, 0.3) is 0 Å².